The van der Waals surface area contributed by atoms with Crippen LogP contribution in [0.25, 0.3) is 0 Å². The molecule has 1 fully saturated rings. The van der Waals surface area contributed by atoms with Crippen LogP contribution in [0.4, 0.5) is 0 Å². The van der Waals surface area contributed by atoms with Gasteiger partial charge in [-0.15, -0.1) is 0 Å². The Hall–Kier alpha value is -1.03. The van der Waals surface area contributed by atoms with Crippen LogP contribution < -0.4 is 0 Å². The summed E-state index contributed by atoms with van der Waals surface area (Å²) in [5, 5.41) is 9.31. The van der Waals surface area contributed by atoms with Gasteiger partial charge in [-0.3, -0.25) is 14.4 Å². The van der Waals surface area contributed by atoms with E-state index in [-0.39, 0.29) is 6.61 Å². The van der Waals surface area contributed by atoms with Crippen molar-refractivity contribution in [3.05, 3.63) is 0 Å². The van der Waals surface area contributed by atoms with Gasteiger partial charge in [-0.1, -0.05) is 15.9 Å². The number of halogens is 1. The number of hydrogen-bond acceptors (Lipinski definition) is 8. The summed E-state index contributed by atoms with van der Waals surface area (Å²) in [5.41, 5.74) is -1.99. The molecule has 5 atom stereocenters. The number of carbonyl (C=O) groups excluding carboxylic acids is 3. The fourth-order valence-electron chi connectivity index (χ4n) is 2.42. The van der Waals surface area contributed by atoms with E-state index in [2.05, 4.69) is 15.9 Å². The first-order chi connectivity index (χ1) is 10.2. The maximum atomic E-state index is 12.3. The SMILES string of the molecule is COC[C@H]1O[C@H](Br)[C@H](O)[C@@H](OC(C)=O)[C@@]1(OC(C)=O)C(C)=O. The highest BCUT2D eigenvalue weighted by molar-refractivity contribution is 9.09. The molecule has 0 aromatic heterocycles. The van der Waals surface area contributed by atoms with E-state index in [4.69, 9.17) is 18.9 Å². The number of ketones is 1. The number of alkyl halides is 1. The van der Waals surface area contributed by atoms with Gasteiger partial charge in [0.1, 0.15) is 17.2 Å². The van der Waals surface area contributed by atoms with Crippen LogP contribution >= 0.6 is 15.9 Å². The summed E-state index contributed by atoms with van der Waals surface area (Å²) in [7, 11) is 1.37. The third-order valence-corrected chi connectivity index (χ3v) is 4.01. The first-order valence-corrected chi connectivity index (χ1v) is 7.42. The van der Waals surface area contributed by atoms with Crippen molar-refractivity contribution in [2.45, 2.75) is 49.7 Å². The van der Waals surface area contributed by atoms with Crippen LogP contribution in [-0.2, 0) is 33.3 Å². The molecule has 8 nitrogen and oxygen atoms in total. The number of Topliss-reactive ketones (excluding diaryl/α,β-unsaturated/α-hetero) is 1. The van der Waals surface area contributed by atoms with Crippen LogP contribution in [0.5, 0.6) is 0 Å². The lowest BCUT2D eigenvalue weighted by Crippen LogP contribution is -2.71. The molecule has 126 valence electrons. The smallest absolute Gasteiger partial charge is 0.303 e. The van der Waals surface area contributed by atoms with Crippen LogP contribution in [0.2, 0.25) is 0 Å². The topological polar surface area (TPSA) is 108 Å². The Morgan fingerprint density at radius 3 is 2.23 bits per heavy atom. The van der Waals surface area contributed by atoms with Crippen molar-refractivity contribution in [1.29, 1.82) is 0 Å². The van der Waals surface area contributed by atoms with Gasteiger partial charge in [0.05, 0.1) is 6.61 Å². The maximum absolute atomic E-state index is 12.3. The van der Waals surface area contributed by atoms with Crippen molar-refractivity contribution >= 4 is 33.7 Å². The van der Waals surface area contributed by atoms with Crippen molar-refractivity contribution in [3.8, 4) is 0 Å². The molecule has 0 bridgehead atoms. The predicted molar refractivity (Wildman–Crippen MR) is 76.2 cm³/mol. The third-order valence-electron chi connectivity index (χ3n) is 3.25. The van der Waals surface area contributed by atoms with Gasteiger partial charge in [-0.25, -0.2) is 0 Å². The Balaban J connectivity index is 3.41. The molecule has 1 aliphatic heterocycles. The molecule has 9 heteroatoms. The average molecular weight is 383 g/mol. The normalized spacial score (nSPS) is 34.8. The first-order valence-electron chi connectivity index (χ1n) is 6.51. The van der Waals surface area contributed by atoms with Crippen LogP contribution in [0.15, 0.2) is 0 Å². The van der Waals surface area contributed by atoms with Gasteiger partial charge in [0.25, 0.3) is 0 Å². The molecular weight excluding hydrogens is 364 g/mol. The highest BCUT2D eigenvalue weighted by Crippen LogP contribution is 2.38. The fourth-order valence-corrected chi connectivity index (χ4v) is 2.96. The largest absolute Gasteiger partial charge is 0.455 e. The number of esters is 2. The Bertz CT molecular complexity index is 453. The van der Waals surface area contributed by atoms with Gasteiger partial charge in [0, 0.05) is 21.0 Å². The highest BCUT2D eigenvalue weighted by Gasteiger charge is 2.63. The zero-order valence-electron chi connectivity index (χ0n) is 12.7. The second-order valence-corrected chi connectivity index (χ2v) is 5.80. The van der Waals surface area contributed by atoms with E-state index in [9.17, 15) is 19.5 Å². The lowest BCUT2D eigenvalue weighted by atomic mass is 9.81. The molecule has 22 heavy (non-hydrogen) atoms. The molecule has 0 amide bonds. The summed E-state index contributed by atoms with van der Waals surface area (Å²) < 4.78 is 20.7. The molecule has 0 aromatic carbocycles. The summed E-state index contributed by atoms with van der Waals surface area (Å²) in [6.07, 6.45) is -3.90. The van der Waals surface area contributed by atoms with Crippen LogP contribution in [-0.4, -0.2) is 65.5 Å². The minimum atomic E-state index is -1.99. The van der Waals surface area contributed by atoms with Gasteiger partial charge < -0.3 is 24.1 Å². The number of aliphatic hydroxyl groups excluding tert-OH is 1. The van der Waals surface area contributed by atoms with Gasteiger partial charge >= 0.3 is 11.9 Å². The molecule has 0 spiro atoms. The number of rotatable bonds is 5. The monoisotopic (exact) mass is 382 g/mol. The van der Waals surface area contributed by atoms with Crippen molar-refractivity contribution in [1.82, 2.24) is 0 Å². The highest BCUT2D eigenvalue weighted by atomic mass is 79.9. The molecule has 1 saturated heterocycles. The Kier molecular flexibility index (Phi) is 6.48. The molecule has 0 saturated carbocycles. The molecule has 0 unspecified atom stereocenters. The summed E-state index contributed by atoms with van der Waals surface area (Å²) in [5.74, 6) is -2.15. The summed E-state index contributed by atoms with van der Waals surface area (Å²) in [4.78, 5) is 35.1. The number of hydrogen-bond donors (Lipinski definition) is 1. The molecule has 1 heterocycles. The molecular formula is C13H19BrO8. The fraction of sp³-hybridized carbons (Fsp3) is 0.769. The predicted octanol–water partition coefficient (Wildman–Crippen LogP) is -0.0639. The summed E-state index contributed by atoms with van der Waals surface area (Å²) >= 11 is 3.09. The van der Waals surface area contributed by atoms with Crippen molar-refractivity contribution in [2.75, 3.05) is 13.7 Å². The Morgan fingerprint density at radius 1 is 1.23 bits per heavy atom. The number of methoxy groups -OCH3 is 1. The van der Waals surface area contributed by atoms with E-state index in [1.54, 1.807) is 0 Å². The number of ether oxygens (including phenoxy) is 4. The maximum Gasteiger partial charge on any atom is 0.303 e. The van der Waals surface area contributed by atoms with E-state index in [0.29, 0.717) is 0 Å². The molecule has 1 aliphatic rings. The Labute approximate surface area is 136 Å². The standard InChI is InChI=1S/C13H19BrO8/c1-6(15)13(22-8(3)17)9(5-19-4)21-12(14)10(18)11(13)20-7(2)16/h9-12,18H,5H2,1-4H3/t9-,10-,11-,12+,13-/m1/s1. The molecule has 0 radical (unpaired) electrons. The number of carbonyl (C=O) groups is 3. The number of aliphatic hydroxyl groups is 1. The average Bonchev–Trinajstić information content (AvgIpc) is 2.38. The van der Waals surface area contributed by atoms with E-state index in [1.165, 1.54) is 7.11 Å². The zero-order chi connectivity index (χ0) is 17.1. The summed E-state index contributed by atoms with van der Waals surface area (Å²) in [6, 6.07) is 0. The van der Waals surface area contributed by atoms with Gasteiger partial charge in [0.15, 0.2) is 11.9 Å². The van der Waals surface area contributed by atoms with Crippen molar-refractivity contribution in [3.63, 3.8) is 0 Å². The van der Waals surface area contributed by atoms with Crippen LogP contribution in [0, 0.1) is 0 Å². The van der Waals surface area contributed by atoms with Crippen LogP contribution in [0.3, 0.4) is 0 Å². The summed E-state index contributed by atoms with van der Waals surface area (Å²) in [6.45, 7) is 3.27. The molecule has 1 rings (SSSR count). The minimum Gasteiger partial charge on any atom is -0.455 e. The second kappa shape index (κ2) is 7.49. The van der Waals surface area contributed by atoms with Gasteiger partial charge in [-0.2, -0.15) is 0 Å². The second-order valence-electron chi connectivity index (χ2n) is 4.89. The van der Waals surface area contributed by atoms with E-state index in [1.807, 2.05) is 0 Å². The van der Waals surface area contributed by atoms with Crippen molar-refractivity contribution in [2.24, 2.45) is 0 Å². The van der Waals surface area contributed by atoms with Gasteiger partial charge in [0.2, 0.25) is 5.60 Å². The minimum absolute atomic E-state index is 0.112. The van der Waals surface area contributed by atoms with Crippen LogP contribution in [0.1, 0.15) is 20.8 Å². The molecule has 0 aromatic rings. The lowest BCUT2D eigenvalue weighted by molar-refractivity contribution is -0.262. The molecule has 0 aliphatic carbocycles. The van der Waals surface area contributed by atoms with Gasteiger partial charge in [-0.05, 0) is 6.92 Å². The first kappa shape index (κ1) is 19.0. The lowest BCUT2D eigenvalue weighted by Gasteiger charge is -2.48. The van der Waals surface area contributed by atoms with E-state index >= 15 is 0 Å². The third kappa shape index (κ3) is 3.65. The molecule has 1 N–H and O–H groups in total. The van der Waals surface area contributed by atoms with E-state index in [0.717, 1.165) is 20.8 Å². The Morgan fingerprint density at radius 2 is 1.82 bits per heavy atom. The van der Waals surface area contributed by atoms with Crippen molar-refractivity contribution < 1.29 is 38.4 Å². The quantitative estimate of drug-likeness (QED) is 0.520. The van der Waals surface area contributed by atoms with E-state index < -0.39 is 46.6 Å². The zero-order valence-corrected chi connectivity index (χ0v) is 14.3.